The average Bonchev–Trinajstić information content (AvgIpc) is 3.62. The van der Waals surface area contributed by atoms with E-state index in [1.807, 2.05) is 91.9 Å². The number of rotatable bonds is 13. The summed E-state index contributed by atoms with van der Waals surface area (Å²) in [6.07, 6.45) is 2.75. The summed E-state index contributed by atoms with van der Waals surface area (Å²) in [6.45, 7) is 3.79. The first kappa shape index (κ1) is 32.1. The molecule has 0 saturated carbocycles. The largest absolute Gasteiger partial charge is 0.350 e. The van der Waals surface area contributed by atoms with Crippen LogP contribution in [0.5, 0.6) is 0 Å². The highest BCUT2D eigenvalue weighted by molar-refractivity contribution is 7.89. The molecule has 0 spiro atoms. The Morgan fingerprint density at radius 3 is 1.96 bits per heavy atom. The van der Waals surface area contributed by atoms with Crippen LogP contribution in [-0.2, 0) is 45.5 Å². The van der Waals surface area contributed by atoms with Gasteiger partial charge in [-0.25, -0.2) is 8.42 Å². The molecule has 0 radical (unpaired) electrons. The topological polar surface area (TPSA) is 86.8 Å². The van der Waals surface area contributed by atoms with Crippen LogP contribution in [0.2, 0.25) is 0 Å². The summed E-state index contributed by atoms with van der Waals surface area (Å²) in [7, 11) is -3.50. The predicted molar refractivity (Wildman–Crippen MR) is 177 cm³/mol. The first-order chi connectivity index (χ1) is 21.8. The second kappa shape index (κ2) is 15.1. The maximum Gasteiger partial charge on any atom is 0.243 e. The summed E-state index contributed by atoms with van der Waals surface area (Å²) in [5, 5.41) is 3.08. The first-order valence-corrected chi connectivity index (χ1v) is 17.0. The molecule has 4 aromatic carbocycles. The van der Waals surface area contributed by atoms with E-state index in [2.05, 4.69) is 5.32 Å². The number of nitrogens with zero attached hydrogens (tertiary/aromatic N) is 2. The van der Waals surface area contributed by atoms with Crippen LogP contribution in [0.4, 0.5) is 0 Å². The monoisotopic (exact) mass is 623 g/mol. The summed E-state index contributed by atoms with van der Waals surface area (Å²) in [6, 6.07) is 33.6. The van der Waals surface area contributed by atoms with Crippen LogP contribution in [0.1, 0.15) is 47.1 Å². The van der Waals surface area contributed by atoms with Crippen molar-refractivity contribution in [1.82, 2.24) is 14.5 Å². The molecule has 0 aliphatic carbocycles. The second-order valence-corrected chi connectivity index (χ2v) is 13.6. The minimum absolute atomic E-state index is 0.140. The highest BCUT2D eigenvalue weighted by Gasteiger charge is 2.30. The summed E-state index contributed by atoms with van der Waals surface area (Å²) in [4.78, 5) is 29.9. The second-order valence-electron chi connectivity index (χ2n) is 11.7. The summed E-state index contributed by atoms with van der Waals surface area (Å²) < 4.78 is 27.4. The lowest BCUT2D eigenvalue weighted by molar-refractivity contribution is -0.141. The van der Waals surface area contributed by atoms with Crippen LogP contribution >= 0.6 is 0 Å². The molecule has 1 heterocycles. The summed E-state index contributed by atoms with van der Waals surface area (Å²) in [5.74, 6) is -0.348. The third-order valence-corrected chi connectivity index (χ3v) is 10.2. The third-order valence-electron chi connectivity index (χ3n) is 8.31. The van der Waals surface area contributed by atoms with Gasteiger partial charge in [-0.2, -0.15) is 4.31 Å². The Morgan fingerprint density at radius 1 is 0.756 bits per heavy atom. The van der Waals surface area contributed by atoms with Crippen LogP contribution in [0.25, 0.3) is 0 Å². The SMILES string of the molecule is Cc1ccc(CNC(=O)C(Cc2ccccc2)N(Cc2ccccc2)C(=O)CCc2ccc(S(=O)(=O)N3CCCC3)cc2)cc1. The quantitative estimate of drug-likeness (QED) is 0.208. The number of hydrogen-bond acceptors (Lipinski definition) is 4. The highest BCUT2D eigenvalue weighted by Crippen LogP contribution is 2.22. The van der Waals surface area contributed by atoms with Crippen molar-refractivity contribution in [3.05, 3.63) is 137 Å². The van der Waals surface area contributed by atoms with Crippen molar-refractivity contribution in [1.29, 1.82) is 0 Å². The van der Waals surface area contributed by atoms with Crippen LogP contribution in [0, 0.1) is 6.92 Å². The van der Waals surface area contributed by atoms with Crippen molar-refractivity contribution in [2.24, 2.45) is 0 Å². The van der Waals surface area contributed by atoms with E-state index in [1.165, 1.54) is 4.31 Å². The number of aryl methyl sites for hydroxylation is 2. The van der Waals surface area contributed by atoms with Crippen molar-refractivity contribution < 1.29 is 18.0 Å². The van der Waals surface area contributed by atoms with E-state index in [0.717, 1.165) is 40.7 Å². The predicted octanol–water partition coefficient (Wildman–Crippen LogP) is 5.67. The Hall–Kier alpha value is -4.27. The Morgan fingerprint density at radius 2 is 1.33 bits per heavy atom. The number of nitrogens with one attached hydrogen (secondary N) is 1. The van der Waals surface area contributed by atoms with Gasteiger partial charge in [0.15, 0.2) is 0 Å². The number of carbonyl (C=O) groups excluding carboxylic acids is 2. The Balaban J connectivity index is 1.35. The van der Waals surface area contributed by atoms with E-state index in [-0.39, 0.29) is 23.1 Å². The smallest absolute Gasteiger partial charge is 0.243 e. The normalized spacial score (nSPS) is 14.2. The van der Waals surface area contributed by atoms with Gasteiger partial charge in [0.05, 0.1) is 4.90 Å². The number of sulfonamides is 1. The molecule has 2 amide bonds. The molecule has 5 rings (SSSR count). The molecule has 45 heavy (non-hydrogen) atoms. The molecule has 1 N–H and O–H groups in total. The van der Waals surface area contributed by atoms with Gasteiger partial charge in [-0.3, -0.25) is 9.59 Å². The zero-order valence-electron chi connectivity index (χ0n) is 25.8. The number of hydrogen-bond donors (Lipinski definition) is 1. The molecule has 1 fully saturated rings. The van der Waals surface area contributed by atoms with E-state index >= 15 is 0 Å². The van der Waals surface area contributed by atoms with Crippen LogP contribution in [0.3, 0.4) is 0 Å². The Kier molecular flexibility index (Phi) is 10.8. The maximum absolute atomic E-state index is 14.0. The van der Waals surface area contributed by atoms with Gasteiger partial charge in [0.1, 0.15) is 6.04 Å². The van der Waals surface area contributed by atoms with Crippen molar-refractivity contribution >= 4 is 21.8 Å². The molecule has 1 aliphatic rings. The third kappa shape index (κ3) is 8.68. The van der Waals surface area contributed by atoms with Crippen LogP contribution in [-0.4, -0.2) is 48.6 Å². The van der Waals surface area contributed by atoms with Gasteiger partial charge in [0.2, 0.25) is 21.8 Å². The van der Waals surface area contributed by atoms with Gasteiger partial charge < -0.3 is 10.2 Å². The molecule has 1 atom stereocenters. The molecule has 0 aromatic heterocycles. The summed E-state index contributed by atoms with van der Waals surface area (Å²) >= 11 is 0. The zero-order chi connectivity index (χ0) is 31.6. The molecule has 1 saturated heterocycles. The lowest BCUT2D eigenvalue weighted by Crippen LogP contribution is -2.50. The highest BCUT2D eigenvalue weighted by atomic mass is 32.2. The standard InChI is InChI=1S/C37H41N3O4S/c1-29-14-16-32(17-15-29)27-38-37(42)35(26-31-10-4-2-5-11-31)40(28-33-12-6-3-7-13-33)36(41)23-20-30-18-21-34(22-19-30)45(43,44)39-24-8-9-25-39/h2-7,10-19,21-22,35H,8-9,20,23-28H2,1H3,(H,38,42). The fourth-order valence-electron chi connectivity index (χ4n) is 5.65. The van der Waals surface area contributed by atoms with Crippen molar-refractivity contribution in [2.75, 3.05) is 13.1 Å². The van der Waals surface area contributed by atoms with Crippen molar-refractivity contribution in [3.8, 4) is 0 Å². The van der Waals surface area contributed by atoms with Gasteiger partial charge in [-0.15, -0.1) is 0 Å². The molecule has 4 aromatic rings. The van der Waals surface area contributed by atoms with Gasteiger partial charge in [-0.05, 0) is 60.6 Å². The molecule has 1 unspecified atom stereocenters. The zero-order valence-corrected chi connectivity index (χ0v) is 26.6. The van der Waals surface area contributed by atoms with E-state index in [9.17, 15) is 18.0 Å². The Bertz CT molecular complexity index is 1650. The fourth-order valence-corrected chi connectivity index (χ4v) is 7.16. The molecule has 8 heteroatoms. The average molecular weight is 624 g/mol. The van der Waals surface area contributed by atoms with Crippen molar-refractivity contribution in [3.63, 3.8) is 0 Å². The lowest BCUT2D eigenvalue weighted by Gasteiger charge is -2.32. The molecule has 1 aliphatic heterocycles. The molecule has 0 bridgehead atoms. The van der Waals surface area contributed by atoms with Gasteiger partial charge in [-0.1, -0.05) is 103 Å². The van der Waals surface area contributed by atoms with Gasteiger partial charge in [0, 0.05) is 39.0 Å². The van der Waals surface area contributed by atoms with Gasteiger partial charge in [0.25, 0.3) is 0 Å². The summed E-state index contributed by atoms with van der Waals surface area (Å²) in [5.41, 5.74) is 4.91. The molecule has 234 valence electrons. The van der Waals surface area contributed by atoms with E-state index in [1.54, 1.807) is 29.2 Å². The maximum atomic E-state index is 14.0. The van der Waals surface area contributed by atoms with Crippen LogP contribution < -0.4 is 5.32 Å². The number of benzene rings is 4. The van der Waals surface area contributed by atoms with Crippen molar-refractivity contribution in [2.45, 2.75) is 63.1 Å². The van der Waals surface area contributed by atoms with E-state index < -0.39 is 16.1 Å². The fraction of sp³-hybridized carbons (Fsp3) is 0.297. The molecular formula is C37H41N3O4S. The van der Waals surface area contributed by atoms with E-state index in [4.69, 9.17) is 0 Å². The molecular weight excluding hydrogens is 582 g/mol. The minimum Gasteiger partial charge on any atom is -0.350 e. The molecule has 7 nitrogen and oxygen atoms in total. The number of amides is 2. The number of carbonyl (C=O) groups is 2. The van der Waals surface area contributed by atoms with Gasteiger partial charge >= 0.3 is 0 Å². The minimum atomic E-state index is -3.50. The first-order valence-electron chi connectivity index (χ1n) is 15.6. The van der Waals surface area contributed by atoms with Crippen LogP contribution in [0.15, 0.2) is 114 Å². The Labute approximate surface area is 266 Å². The lowest BCUT2D eigenvalue weighted by atomic mass is 10.0. The van der Waals surface area contributed by atoms with E-state index in [0.29, 0.717) is 39.0 Å².